The van der Waals surface area contributed by atoms with Crippen molar-refractivity contribution in [3.05, 3.63) is 41.0 Å². The molecule has 2 aliphatic carbocycles. The van der Waals surface area contributed by atoms with Crippen LogP contribution in [-0.2, 0) is 0 Å². The van der Waals surface area contributed by atoms with Gasteiger partial charge in [0.1, 0.15) is 5.83 Å². The van der Waals surface area contributed by atoms with Crippen molar-refractivity contribution in [2.75, 3.05) is 0 Å². The molecule has 1 aromatic rings. The van der Waals surface area contributed by atoms with E-state index >= 15 is 4.39 Å². The van der Waals surface area contributed by atoms with Gasteiger partial charge in [0.15, 0.2) is 17.4 Å². The summed E-state index contributed by atoms with van der Waals surface area (Å²) in [5.41, 5.74) is -0.812. The zero-order valence-corrected chi connectivity index (χ0v) is 16.4. The monoisotopic (exact) mass is 420 g/mol. The van der Waals surface area contributed by atoms with Gasteiger partial charge >= 0.3 is 6.11 Å². The van der Waals surface area contributed by atoms with Crippen LogP contribution in [0.2, 0.25) is 0 Å². The summed E-state index contributed by atoms with van der Waals surface area (Å²) >= 11 is 0. The second-order valence-electron chi connectivity index (χ2n) is 8.19. The van der Waals surface area contributed by atoms with E-state index in [1.165, 1.54) is 0 Å². The Kier molecular flexibility index (Phi) is 6.84. The molecule has 0 N–H and O–H groups in total. The molecule has 0 radical (unpaired) electrons. The highest BCUT2D eigenvalue weighted by molar-refractivity contribution is 5.29. The molecule has 0 aromatic heterocycles. The predicted octanol–water partition coefficient (Wildman–Crippen LogP) is 7.71. The van der Waals surface area contributed by atoms with E-state index in [1.54, 1.807) is 0 Å². The molecule has 1 atom stereocenters. The van der Waals surface area contributed by atoms with Crippen LogP contribution in [0.1, 0.15) is 64.7 Å². The van der Waals surface area contributed by atoms with Crippen molar-refractivity contribution >= 4 is 0 Å². The first-order chi connectivity index (χ1) is 13.7. The zero-order chi connectivity index (χ0) is 21.2. The van der Waals surface area contributed by atoms with E-state index in [0.29, 0.717) is 30.9 Å². The summed E-state index contributed by atoms with van der Waals surface area (Å²) in [6.07, 6.45) is 2.32. The minimum absolute atomic E-state index is 0.00853. The number of alkyl halides is 2. The van der Waals surface area contributed by atoms with Gasteiger partial charge in [-0.2, -0.15) is 13.2 Å². The lowest BCUT2D eigenvalue weighted by Gasteiger charge is -2.36. The van der Waals surface area contributed by atoms with E-state index < -0.39 is 46.6 Å². The fourth-order valence-electron chi connectivity index (χ4n) is 4.77. The van der Waals surface area contributed by atoms with Crippen molar-refractivity contribution in [3.63, 3.8) is 0 Å². The standard InChI is InChI=1S/C22H26F6O/c1-2-4-13-7-9-14(10-8-13)15-5-3-6-16(19(15)24)22(27,28)29-18-12-11-17(23)20(25)21(18)26/h11-15H,2-10H2,1H3/t13-,14-,15?. The van der Waals surface area contributed by atoms with E-state index in [0.717, 1.165) is 38.5 Å². The summed E-state index contributed by atoms with van der Waals surface area (Å²) < 4.78 is 88.8. The van der Waals surface area contributed by atoms with Gasteiger partial charge in [0.2, 0.25) is 5.82 Å². The van der Waals surface area contributed by atoms with Crippen molar-refractivity contribution in [1.82, 2.24) is 0 Å². The van der Waals surface area contributed by atoms with Crippen LogP contribution in [-0.4, -0.2) is 6.11 Å². The zero-order valence-electron chi connectivity index (χ0n) is 16.4. The Morgan fingerprint density at radius 1 is 0.966 bits per heavy atom. The van der Waals surface area contributed by atoms with Crippen LogP contribution in [0, 0.1) is 35.2 Å². The Balaban J connectivity index is 1.77. The largest absolute Gasteiger partial charge is 0.426 e. The second kappa shape index (κ2) is 9.00. The molecule has 0 heterocycles. The summed E-state index contributed by atoms with van der Waals surface area (Å²) in [6, 6.07) is 1.07. The lowest BCUT2D eigenvalue weighted by atomic mass is 9.71. The predicted molar refractivity (Wildman–Crippen MR) is 97.7 cm³/mol. The van der Waals surface area contributed by atoms with Gasteiger partial charge in [0, 0.05) is 5.92 Å². The Bertz CT molecular complexity index is 752. The van der Waals surface area contributed by atoms with Crippen LogP contribution in [0.4, 0.5) is 26.3 Å². The third-order valence-corrected chi connectivity index (χ3v) is 6.30. The molecule has 7 heteroatoms. The molecule has 1 unspecified atom stereocenters. The number of hydrogen-bond donors (Lipinski definition) is 0. The maximum absolute atomic E-state index is 15.1. The summed E-state index contributed by atoms with van der Waals surface area (Å²) in [6.45, 7) is 2.12. The van der Waals surface area contributed by atoms with Gasteiger partial charge < -0.3 is 4.74 Å². The smallest absolute Gasteiger partial charge is 0.425 e. The first kappa shape index (κ1) is 22.0. The molecule has 0 saturated heterocycles. The Morgan fingerprint density at radius 2 is 1.66 bits per heavy atom. The number of rotatable bonds is 6. The Morgan fingerprint density at radius 3 is 2.31 bits per heavy atom. The Labute approximate surface area is 167 Å². The minimum Gasteiger partial charge on any atom is -0.426 e. The molecular weight excluding hydrogens is 394 g/mol. The molecule has 0 aliphatic heterocycles. The number of benzene rings is 1. The number of halogens is 6. The third kappa shape index (κ3) is 4.75. The van der Waals surface area contributed by atoms with Crippen LogP contribution >= 0.6 is 0 Å². The molecule has 1 saturated carbocycles. The molecule has 162 valence electrons. The topological polar surface area (TPSA) is 9.23 Å². The van der Waals surface area contributed by atoms with Crippen molar-refractivity contribution in [3.8, 4) is 5.75 Å². The third-order valence-electron chi connectivity index (χ3n) is 6.30. The first-order valence-corrected chi connectivity index (χ1v) is 10.3. The Hall–Kier alpha value is -1.66. The van der Waals surface area contributed by atoms with Gasteiger partial charge in [-0.25, -0.2) is 13.2 Å². The number of hydrogen-bond acceptors (Lipinski definition) is 1. The molecule has 0 spiro atoms. The highest BCUT2D eigenvalue weighted by Gasteiger charge is 2.45. The van der Waals surface area contributed by atoms with E-state index in [1.807, 2.05) is 0 Å². The van der Waals surface area contributed by atoms with E-state index in [9.17, 15) is 22.0 Å². The molecule has 1 nitrogen and oxygen atoms in total. The molecule has 1 fully saturated rings. The molecule has 0 amide bonds. The fraction of sp³-hybridized carbons (Fsp3) is 0.636. The molecular formula is C22H26F6O. The fourth-order valence-corrected chi connectivity index (χ4v) is 4.77. The van der Waals surface area contributed by atoms with Gasteiger partial charge in [-0.1, -0.05) is 32.6 Å². The van der Waals surface area contributed by atoms with E-state index in [-0.39, 0.29) is 12.3 Å². The summed E-state index contributed by atoms with van der Waals surface area (Å²) in [4.78, 5) is 0. The quantitative estimate of drug-likeness (QED) is 0.338. The van der Waals surface area contributed by atoms with Gasteiger partial charge in [0.05, 0.1) is 5.57 Å². The van der Waals surface area contributed by atoms with Gasteiger partial charge in [-0.05, 0) is 56.1 Å². The molecule has 0 bridgehead atoms. The number of ether oxygens (including phenoxy) is 1. The normalized spacial score (nSPS) is 26.0. The van der Waals surface area contributed by atoms with Crippen LogP contribution in [0.3, 0.4) is 0 Å². The second-order valence-corrected chi connectivity index (χ2v) is 8.19. The average molecular weight is 420 g/mol. The van der Waals surface area contributed by atoms with Crippen LogP contribution < -0.4 is 4.74 Å². The molecule has 1 aromatic carbocycles. The summed E-state index contributed by atoms with van der Waals surface area (Å²) in [5.74, 6) is -7.27. The molecule has 29 heavy (non-hydrogen) atoms. The van der Waals surface area contributed by atoms with Crippen molar-refractivity contribution in [2.45, 2.75) is 70.8 Å². The summed E-state index contributed by atoms with van der Waals surface area (Å²) in [5, 5.41) is 0. The van der Waals surface area contributed by atoms with Crippen LogP contribution in [0.15, 0.2) is 23.5 Å². The van der Waals surface area contributed by atoms with Gasteiger partial charge in [0.25, 0.3) is 0 Å². The van der Waals surface area contributed by atoms with Crippen LogP contribution in [0.5, 0.6) is 5.75 Å². The first-order valence-electron chi connectivity index (χ1n) is 10.3. The SMILES string of the molecule is CCC[C@H]1CC[C@H](C2CCCC(C(F)(F)Oc3ccc(F)c(F)c3F)=C2F)CC1. The maximum Gasteiger partial charge on any atom is 0.425 e. The van der Waals surface area contributed by atoms with Crippen molar-refractivity contribution < 1.29 is 31.1 Å². The van der Waals surface area contributed by atoms with E-state index in [4.69, 9.17) is 0 Å². The molecule has 2 aliphatic rings. The van der Waals surface area contributed by atoms with Gasteiger partial charge in [-0.15, -0.1) is 0 Å². The lowest BCUT2D eigenvalue weighted by molar-refractivity contribution is -0.149. The van der Waals surface area contributed by atoms with Crippen molar-refractivity contribution in [1.29, 1.82) is 0 Å². The van der Waals surface area contributed by atoms with Crippen LogP contribution in [0.25, 0.3) is 0 Å². The highest BCUT2D eigenvalue weighted by Crippen LogP contribution is 2.47. The number of allylic oxidation sites excluding steroid dienone is 1. The maximum atomic E-state index is 15.1. The minimum atomic E-state index is -4.13. The average Bonchev–Trinajstić information content (AvgIpc) is 2.69. The highest BCUT2D eigenvalue weighted by atomic mass is 19.3. The van der Waals surface area contributed by atoms with E-state index in [2.05, 4.69) is 11.7 Å². The molecule has 3 rings (SSSR count). The van der Waals surface area contributed by atoms with Crippen molar-refractivity contribution in [2.24, 2.45) is 17.8 Å². The van der Waals surface area contributed by atoms with Gasteiger partial charge in [-0.3, -0.25) is 0 Å². The summed E-state index contributed by atoms with van der Waals surface area (Å²) in [7, 11) is 0. The lowest BCUT2D eigenvalue weighted by Crippen LogP contribution is -2.33.